The van der Waals surface area contributed by atoms with Crippen LogP contribution in [0.1, 0.15) is 20.3 Å². The summed E-state index contributed by atoms with van der Waals surface area (Å²) in [6.07, 6.45) is 1.20. The van der Waals surface area contributed by atoms with E-state index >= 15 is 0 Å². The van der Waals surface area contributed by atoms with Crippen LogP contribution in [-0.2, 0) is 0 Å². The van der Waals surface area contributed by atoms with Crippen molar-refractivity contribution in [3.05, 3.63) is 0 Å². The average molecular weight is 132 g/mol. The lowest BCUT2D eigenvalue weighted by Crippen LogP contribution is -2.31. The van der Waals surface area contributed by atoms with Crippen molar-refractivity contribution >= 4 is 11.8 Å². The Balaban J connectivity index is 2.22. The highest BCUT2D eigenvalue weighted by Gasteiger charge is 2.17. The summed E-state index contributed by atoms with van der Waals surface area (Å²) < 4.78 is 0. The van der Waals surface area contributed by atoms with E-state index < -0.39 is 0 Å². The van der Waals surface area contributed by atoms with Gasteiger partial charge in [-0.2, -0.15) is 0 Å². The molecule has 0 saturated carbocycles. The first-order valence-electron chi connectivity index (χ1n) is 2.99. The number of hydrazine groups is 1. The van der Waals surface area contributed by atoms with Crippen LogP contribution in [0.3, 0.4) is 0 Å². The Morgan fingerprint density at radius 2 is 2.25 bits per heavy atom. The number of hydrogen-bond acceptors (Lipinski definition) is 3. The van der Waals surface area contributed by atoms with Gasteiger partial charge in [0, 0.05) is 0 Å². The fourth-order valence-electron chi connectivity index (χ4n) is 0.723. The van der Waals surface area contributed by atoms with Crippen LogP contribution in [-0.4, -0.2) is 10.7 Å². The smallest absolute Gasteiger partial charge is 0.0679 e. The van der Waals surface area contributed by atoms with E-state index in [1.54, 1.807) is 0 Å². The molecule has 3 heteroatoms. The maximum atomic E-state index is 3.17. The van der Waals surface area contributed by atoms with Gasteiger partial charge in [0.1, 0.15) is 0 Å². The molecule has 0 bridgehead atoms. The van der Waals surface area contributed by atoms with Crippen LogP contribution in [0.4, 0.5) is 0 Å². The van der Waals surface area contributed by atoms with Crippen molar-refractivity contribution in [2.45, 2.75) is 31.0 Å². The van der Waals surface area contributed by atoms with Crippen molar-refractivity contribution in [1.82, 2.24) is 10.9 Å². The number of hydrogen-bond donors (Lipinski definition) is 2. The molecule has 0 aliphatic carbocycles. The van der Waals surface area contributed by atoms with Gasteiger partial charge >= 0.3 is 0 Å². The molecule has 48 valence electrons. The molecule has 0 amide bonds. The molecule has 2 N–H and O–H groups in total. The summed E-state index contributed by atoms with van der Waals surface area (Å²) in [5, 5.41) is 1.21. The highest BCUT2D eigenvalue weighted by molar-refractivity contribution is 8.00. The average Bonchev–Trinajstić information content (AvgIpc) is 2.14. The first kappa shape index (κ1) is 6.39. The van der Waals surface area contributed by atoms with Crippen molar-refractivity contribution in [1.29, 1.82) is 0 Å². The largest absolute Gasteiger partial charge is 0.244 e. The van der Waals surface area contributed by atoms with Crippen LogP contribution < -0.4 is 10.9 Å². The summed E-state index contributed by atoms with van der Waals surface area (Å²) in [5.74, 6) is 0. The second-order valence-corrected chi connectivity index (χ2v) is 3.51. The quantitative estimate of drug-likeness (QED) is 0.554. The van der Waals surface area contributed by atoms with E-state index in [4.69, 9.17) is 0 Å². The third-order valence-electron chi connectivity index (χ3n) is 1.19. The lowest BCUT2D eigenvalue weighted by molar-refractivity contribution is 0.542. The lowest BCUT2D eigenvalue weighted by atomic mass is 10.5. The molecule has 8 heavy (non-hydrogen) atoms. The Morgan fingerprint density at radius 3 is 2.50 bits per heavy atom. The number of nitrogens with one attached hydrogen (secondary N) is 2. The molecule has 1 saturated heterocycles. The van der Waals surface area contributed by atoms with Gasteiger partial charge in [-0.05, 0) is 13.3 Å². The standard InChI is InChI=1S/C5H12N2S/c1-3-5-7-6-4(2)8-5/h4-7H,3H2,1-2H3. The molecular formula is C5H12N2S. The van der Waals surface area contributed by atoms with Gasteiger partial charge < -0.3 is 0 Å². The van der Waals surface area contributed by atoms with Crippen molar-refractivity contribution in [2.24, 2.45) is 0 Å². The summed E-state index contributed by atoms with van der Waals surface area (Å²) in [6.45, 7) is 4.34. The monoisotopic (exact) mass is 132 g/mol. The summed E-state index contributed by atoms with van der Waals surface area (Å²) in [4.78, 5) is 0. The van der Waals surface area contributed by atoms with E-state index in [2.05, 4.69) is 24.7 Å². The molecule has 1 aliphatic heterocycles. The first-order chi connectivity index (χ1) is 3.83. The van der Waals surface area contributed by atoms with E-state index in [0.717, 1.165) is 0 Å². The summed E-state index contributed by atoms with van der Waals surface area (Å²) in [6, 6.07) is 0. The van der Waals surface area contributed by atoms with Gasteiger partial charge in [0.05, 0.1) is 10.7 Å². The minimum atomic E-state index is 0.583. The molecule has 1 fully saturated rings. The Bertz CT molecular complexity index is 76.8. The predicted molar refractivity (Wildman–Crippen MR) is 37.4 cm³/mol. The van der Waals surface area contributed by atoms with E-state index in [1.807, 2.05) is 11.8 Å². The van der Waals surface area contributed by atoms with Gasteiger partial charge in [0.15, 0.2) is 0 Å². The molecule has 1 aliphatic rings. The highest BCUT2D eigenvalue weighted by atomic mass is 32.2. The second-order valence-electron chi connectivity index (χ2n) is 1.96. The third kappa shape index (κ3) is 1.37. The van der Waals surface area contributed by atoms with Gasteiger partial charge in [-0.15, -0.1) is 11.8 Å². The Morgan fingerprint density at radius 1 is 1.50 bits per heavy atom. The van der Waals surface area contributed by atoms with E-state index in [0.29, 0.717) is 10.7 Å². The molecule has 1 heterocycles. The van der Waals surface area contributed by atoms with Crippen LogP contribution in [0.15, 0.2) is 0 Å². The maximum absolute atomic E-state index is 3.17. The molecule has 2 unspecified atom stereocenters. The summed E-state index contributed by atoms with van der Waals surface area (Å²) >= 11 is 1.94. The minimum Gasteiger partial charge on any atom is -0.244 e. The van der Waals surface area contributed by atoms with Crippen LogP contribution in [0.2, 0.25) is 0 Å². The fraction of sp³-hybridized carbons (Fsp3) is 1.00. The topological polar surface area (TPSA) is 24.1 Å². The molecule has 0 aromatic rings. The molecule has 2 atom stereocenters. The van der Waals surface area contributed by atoms with Crippen LogP contribution in [0.5, 0.6) is 0 Å². The molecular weight excluding hydrogens is 120 g/mol. The van der Waals surface area contributed by atoms with Crippen LogP contribution in [0.25, 0.3) is 0 Å². The highest BCUT2D eigenvalue weighted by Crippen LogP contribution is 2.19. The summed E-state index contributed by atoms with van der Waals surface area (Å²) in [5.41, 5.74) is 6.30. The van der Waals surface area contributed by atoms with Gasteiger partial charge in [0.25, 0.3) is 0 Å². The molecule has 0 aromatic heterocycles. The Hall–Kier alpha value is 0.270. The van der Waals surface area contributed by atoms with E-state index in [-0.39, 0.29) is 0 Å². The van der Waals surface area contributed by atoms with Gasteiger partial charge in [-0.25, -0.2) is 10.9 Å². The SMILES string of the molecule is CCC1NNC(C)S1. The Kier molecular flexibility index (Phi) is 2.16. The second kappa shape index (κ2) is 2.71. The first-order valence-corrected chi connectivity index (χ1v) is 3.93. The lowest BCUT2D eigenvalue weighted by Gasteiger charge is -2.00. The van der Waals surface area contributed by atoms with Crippen molar-refractivity contribution in [2.75, 3.05) is 0 Å². The molecule has 2 nitrogen and oxygen atoms in total. The Labute approximate surface area is 54.4 Å². The molecule has 0 aromatic carbocycles. The zero-order chi connectivity index (χ0) is 5.98. The normalized spacial score (nSPS) is 38.2. The molecule has 0 spiro atoms. The zero-order valence-electron chi connectivity index (χ0n) is 5.27. The zero-order valence-corrected chi connectivity index (χ0v) is 6.09. The van der Waals surface area contributed by atoms with Crippen molar-refractivity contribution in [3.63, 3.8) is 0 Å². The number of thioether (sulfide) groups is 1. The molecule has 0 radical (unpaired) electrons. The van der Waals surface area contributed by atoms with Gasteiger partial charge in [0.2, 0.25) is 0 Å². The van der Waals surface area contributed by atoms with Gasteiger partial charge in [-0.1, -0.05) is 6.92 Å². The summed E-state index contributed by atoms with van der Waals surface area (Å²) in [7, 11) is 0. The van der Waals surface area contributed by atoms with E-state index in [1.165, 1.54) is 6.42 Å². The van der Waals surface area contributed by atoms with E-state index in [9.17, 15) is 0 Å². The van der Waals surface area contributed by atoms with Crippen molar-refractivity contribution in [3.8, 4) is 0 Å². The van der Waals surface area contributed by atoms with Gasteiger partial charge in [-0.3, -0.25) is 0 Å². The fourth-order valence-corrected chi connectivity index (χ4v) is 1.68. The van der Waals surface area contributed by atoms with Crippen LogP contribution in [0, 0.1) is 0 Å². The minimum absolute atomic E-state index is 0.583. The van der Waals surface area contributed by atoms with Crippen molar-refractivity contribution < 1.29 is 0 Å². The third-order valence-corrected chi connectivity index (χ3v) is 2.49. The van der Waals surface area contributed by atoms with Crippen LogP contribution >= 0.6 is 11.8 Å². The maximum Gasteiger partial charge on any atom is 0.0679 e. The molecule has 1 rings (SSSR count). The predicted octanol–water partition coefficient (Wildman–Crippen LogP) is 0.909. The number of rotatable bonds is 1.